The van der Waals surface area contributed by atoms with E-state index in [2.05, 4.69) is 0 Å². The van der Waals surface area contributed by atoms with Gasteiger partial charge in [-0.1, -0.05) is 18.2 Å². The monoisotopic (exact) mass is 312 g/mol. The van der Waals surface area contributed by atoms with Crippen LogP contribution in [-0.4, -0.2) is 34.8 Å². The van der Waals surface area contributed by atoms with Crippen LogP contribution in [0.4, 0.5) is 5.69 Å². The highest BCUT2D eigenvalue weighted by Gasteiger charge is 2.36. The van der Waals surface area contributed by atoms with Crippen LogP contribution in [-0.2, 0) is 0 Å². The molecule has 2 amide bonds. The van der Waals surface area contributed by atoms with Crippen LogP contribution in [0.25, 0.3) is 0 Å². The molecule has 7 nitrogen and oxygen atoms in total. The van der Waals surface area contributed by atoms with Crippen molar-refractivity contribution in [1.82, 2.24) is 4.90 Å². The van der Waals surface area contributed by atoms with Crippen molar-refractivity contribution in [3.05, 3.63) is 69.8 Å². The first kappa shape index (κ1) is 14.7. The number of rotatable bonds is 5. The standard InChI is InChI=1S/C16H12N2O5/c19-15-13-7-6-11(18(21)22)10-14(13)16(20)17(15)8-9-23-12-4-2-1-3-5-12/h1-7,10H,8-9H2. The van der Waals surface area contributed by atoms with E-state index in [0.717, 1.165) is 11.0 Å². The number of hydrogen-bond acceptors (Lipinski definition) is 5. The number of nitrogens with zero attached hydrogens (tertiary/aromatic N) is 2. The molecule has 0 radical (unpaired) electrons. The smallest absolute Gasteiger partial charge is 0.270 e. The van der Waals surface area contributed by atoms with Gasteiger partial charge in [0.1, 0.15) is 12.4 Å². The molecule has 116 valence electrons. The van der Waals surface area contributed by atoms with Crippen LogP contribution < -0.4 is 4.74 Å². The van der Waals surface area contributed by atoms with Crippen molar-refractivity contribution < 1.29 is 19.2 Å². The lowest BCUT2D eigenvalue weighted by Gasteiger charge is -2.14. The minimum absolute atomic E-state index is 0.0592. The fraction of sp³-hybridized carbons (Fsp3) is 0.125. The first-order valence-corrected chi connectivity index (χ1v) is 6.90. The zero-order valence-corrected chi connectivity index (χ0v) is 12.0. The molecule has 0 aliphatic carbocycles. The molecule has 3 rings (SSSR count). The van der Waals surface area contributed by atoms with E-state index in [1.54, 1.807) is 12.1 Å². The van der Waals surface area contributed by atoms with Gasteiger partial charge in [-0.3, -0.25) is 24.6 Å². The number of nitro groups is 1. The molecule has 2 aromatic rings. The largest absolute Gasteiger partial charge is 0.492 e. The maximum Gasteiger partial charge on any atom is 0.270 e. The first-order valence-electron chi connectivity index (χ1n) is 6.90. The Balaban J connectivity index is 1.71. The summed E-state index contributed by atoms with van der Waals surface area (Å²) in [5, 5.41) is 10.8. The third kappa shape index (κ3) is 2.76. The number of imide groups is 1. The Labute approximate surface area is 131 Å². The molecule has 2 aromatic carbocycles. The second kappa shape index (κ2) is 5.88. The topological polar surface area (TPSA) is 89.8 Å². The van der Waals surface area contributed by atoms with Crippen molar-refractivity contribution in [3.8, 4) is 5.75 Å². The van der Waals surface area contributed by atoms with Crippen LogP contribution in [0.5, 0.6) is 5.75 Å². The summed E-state index contributed by atoms with van der Waals surface area (Å²) in [4.78, 5) is 35.7. The molecule has 1 aliphatic heterocycles. The summed E-state index contributed by atoms with van der Waals surface area (Å²) in [5.74, 6) is -0.360. The number of para-hydroxylation sites is 1. The zero-order chi connectivity index (χ0) is 16.4. The summed E-state index contributed by atoms with van der Waals surface area (Å²) in [5.41, 5.74) is 0.0245. The van der Waals surface area contributed by atoms with Gasteiger partial charge in [-0.15, -0.1) is 0 Å². The number of ether oxygens (including phenoxy) is 1. The van der Waals surface area contributed by atoms with Crippen molar-refractivity contribution in [1.29, 1.82) is 0 Å². The average molecular weight is 312 g/mol. The molecule has 0 spiro atoms. The summed E-state index contributed by atoms with van der Waals surface area (Å²) in [6, 6.07) is 12.7. The third-order valence-corrected chi connectivity index (χ3v) is 3.49. The minimum atomic E-state index is -0.598. The Kier molecular flexibility index (Phi) is 3.76. The number of non-ortho nitro benzene ring substituents is 1. The molecule has 0 aromatic heterocycles. The lowest BCUT2D eigenvalue weighted by molar-refractivity contribution is -0.384. The van der Waals surface area contributed by atoms with Gasteiger partial charge >= 0.3 is 0 Å². The van der Waals surface area contributed by atoms with E-state index in [0.29, 0.717) is 5.75 Å². The number of nitro benzene ring substituents is 1. The number of fused-ring (bicyclic) bond motifs is 1. The number of amides is 2. The van der Waals surface area contributed by atoms with E-state index in [4.69, 9.17) is 4.74 Å². The molecule has 23 heavy (non-hydrogen) atoms. The lowest BCUT2D eigenvalue weighted by Crippen LogP contribution is -2.33. The van der Waals surface area contributed by atoms with Gasteiger partial charge in [0.15, 0.2) is 0 Å². The van der Waals surface area contributed by atoms with Gasteiger partial charge in [0.25, 0.3) is 17.5 Å². The molecule has 7 heteroatoms. The summed E-state index contributed by atoms with van der Waals surface area (Å²) in [6.45, 7) is 0.229. The lowest BCUT2D eigenvalue weighted by atomic mass is 10.1. The Bertz CT molecular complexity index is 788. The molecule has 0 atom stereocenters. The normalized spacial score (nSPS) is 13.1. The fourth-order valence-electron chi connectivity index (χ4n) is 2.37. The van der Waals surface area contributed by atoms with Crippen LogP contribution in [0.15, 0.2) is 48.5 Å². The molecule has 1 heterocycles. The molecule has 0 bridgehead atoms. The van der Waals surface area contributed by atoms with Gasteiger partial charge in [0.05, 0.1) is 22.6 Å². The van der Waals surface area contributed by atoms with E-state index in [1.165, 1.54) is 12.1 Å². The maximum atomic E-state index is 12.3. The van der Waals surface area contributed by atoms with Crippen LogP contribution >= 0.6 is 0 Å². The second-order valence-corrected chi connectivity index (χ2v) is 4.91. The highest BCUT2D eigenvalue weighted by molar-refractivity contribution is 6.21. The summed E-state index contributed by atoms with van der Waals surface area (Å²) in [6.07, 6.45) is 0. The van der Waals surface area contributed by atoms with E-state index >= 15 is 0 Å². The summed E-state index contributed by atoms with van der Waals surface area (Å²) >= 11 is 0. The molecule has 1 aliphatic rings. The predicted octanol–water partition coefficient (Wildman–Crippen LogP) is 2.27. The molecule has 0 fully saturated rings. The highest BCUT2D eigenvalue weighted by Crippen LogP contribution is 2.26. The van der Waals surface area contributed by atoms with E-state index in [9.17, 15) is 19.7 Å². The van der Waals surface area contributed by atoms with E-state index < -0.39 is 16.7 Å². The van der Waals surface area contributed by atoms with Crippen molar-refractivity contribution in [2.45, 2.75) is 0 Å². The highest BCUT2D eigenvalue weighted by atomic mass is 16.6. The Morgan fingerprint density at radius 3 is 2.39 bits per heavy atom. The summed E-state index contributed by atoms with van der Waals surface area (Å²) in [7, 11) is 0. The average Bonchev–Trinajstić information content (AvgIpc) is 2.80. The van der Waals surface area contributed by atoms with Crippen molar-refractivity contribution >= 4 is 17.5 Å². The van der Waals surface area contributed by atoms with Crippen molar-refractivity contribution in [2.75, 3.05) is 13.2 Å². The van der Waals surface area contributed by atoms with Crippen molar-refractivity contribution in [2.24, 2.45) is 0 Å². The number of benzene rings is 2. The molecular formula is C16H12N2O5. The van der Waals surface area contributed by atoms with Crippen LogP contribution in [0, 0.1) is 10.1 Å². The Morgan fingerprint density at radius 2 is 1.70 bits per heavy atom. The van der Waals surface area contributed by atoms with Crippen LogP contribution in [0.2, 0.25) is 0 Å². The number of carbonyl (C=O) groups is 2. The quantitative estimate of drug-likeness (QED) is 0.480. The van der Waals surface area contributed by atoms with Crippen LogP contribution in [0.1, 0.15) is 20.7 Å². The Hall–Kier alpha value is -3.22. The van der Waals surface area contributed by atoms with Gasteiger partial charge in [-0.25, -0.2) is 0 Å². The second-order valence-electron chi connectivity index (χ2n) is 4.91. The Morgan fingerprint density at radius 1 is 1.00 bits per heavy atom. The molecule has 0 saturated heterocycles. The maximum absolute atomic E-state index is 12.3. The van der Waals surface area contributed by atoms with Crippen molar-refractivity contribution in [3.63, 3.8) is 0 Å². The minimum Gasteiger partial charge on any atom is -0.492 e. The number of hydrogen-bond donors (Lipinski definition) is 0. The van der Waals surface area contributed by atoms with Crippen LogP contribution in [0.3, 0.4) is 0 Å². The van der Waals surface area contributed by atoms with Gasteiger partial charge in [0, 0.05) is 12.1 Å². The van der Waals surface area contributed by atoms with E-state index in [1.807, 2.05) is 18.2 Å². The molecule has 0 N–H and O–H groups in total. The summed E-state index contributed by atoms with van der Waals surface area (Å²) < 4.78 is 5.47. The molecule has 0 saturated carbocycles. The molecule has 0 unspecified atom stereocenters. The predicted molar refractivity (Wildman–Crippen MR) is 80.4 cm³/mol. The number of carbonyl (C=O) groups excluding carboxylic acids is 2. The van der Waals surface area contributed by atoms with Gasteiger partial charge in [-0.2, -0.15) is 0 Å². The zero-order valence-electron chi connectivity index (χ0n) is 12.0. The molecular weight excluding hydrogens is 300 g/mol. The third-order valence-electron chi connectivity index (χ3n) is 3.49. The first-order chi connectivity index (χ1) is 11.1. The van der Waals surface area contributed by atoms with Gasteiger partial charge in [0.2, 0.25) is 0 Å². The van der Waals surface area contributed by atoms with E-state index in [-0.39, 0.29) is 30.0 Å². The SMILES string of the molecule is O=C1c2ccc([N+](=O)[O-])cc2C(=O)N1CCOc1ccccc1. The van der Waals surface area contributed by atoms with Gasteiger partial charge < -0.3 is 4.74 Å². The fourth-order valence-corrected chi connectivity index (χ4v) is 2.37. The van der Waals surface area contributed by atoms with Gasteiger partial charge in [-0.05, 0) is 18.2 Å².